The summed E-state index contributed by atoms with van der Waals surface area (Å²) in [6.45, 7) is 1.54. The molecule has 6 heteroatoms. The summed E-state index contributed by atoms with van der Waals surface area (Å²) < 4.78 is 5.18. The highest BCUT2D eigenvalue weighted by atomic mass is 16.5. The molecule has 22 heavy (non-hydrogen) atoms. The Balaban J connectivity index is 1.78. The fraction of sp³-hybridized carbons (Fsp3) is 0.500. The lowest BCUT2D eigenvalue weighted by Gasteiger charge is -2.15. The van der Waals surface area contributed by atoms with Crippen molar-refractivity contribution in [2.24, 2.45) is 5.92 Å². The molecule has 6 nitrogen and oxygen atoms in total. The molecule has 1 aromatic rings. The maximum absolute atomic E-state index is 12.4. The molecule has 1 aliphatic heterocycles. The second-order valence-electron chi connectivity index (χ2n) is 5.84. The van der Waals surface area contributed by atoms with Crippen molar-refractivity contribution in [2.75, 3.05) is 25.5 Å². The lowest BCUT2D eigenvalue weighted by Crippen LogP contribution is -2.29. The maximum Gasteiger partial charge on any atom is 0.253 e. The Kier molecular flexibility index (Phi) is 4.29. The van der Waals surface area contributed by atoms with Crippen molar-refractivity contribution in [3.05, 3.63) is 23.8 Å². The minimum atomic E-state index is -0.166. The van der Waals surface area contributed by atoms with Gasteiger partial charge in [-0.05, 0) is 44.0 Å². The molecule has 1 aromatic carbocycles. The highest BCUT2D eigenvalue weighted by Crippen LogP contribution is 2.25. The van der Waals surface area contributed by atoms with E-state index >= 15 is 0 Å². The number of hydrogen-bond donors (Lipinski definition) is 3. The number of carbonyl (C=O) groups is 2. The van der Waals surface area contributed by atoms with Gasteiger partial charge in [-0.1, -0.05) is 0 Å². The zero-order chi connectivity index (χ0) is 15.5. The SMILES string of the molecule is COc1ccc(NC(=O)C2CCNC2)c(C(=O)NC2CC2)c1. The number of amides is 2. The minimum absolute atomic E-state index is 0.0403. The third-order valence-corrected chi connectivity index (χ3v) is 4.07. The van der Waals surface area contributed by atoms with E-state index in [2.05, 4.69) is 16.0 Å². The van der Waals surface area contributed by atoms with Gasteiger partial charge in [-0.15, -0.1) is 0 Å². The number of hydrogen-bond acceptors (Lipinski definition) is 4. The molecule has 2 fully saturated rings. The van der Waals surface area contributed by atoms with E-state index in [1.54, 1.807) is 25.3 Å². The molecule has 1 aliphatic carbocycles. The fourth-order valence-electron chi connectivity index (χ4n) is 2.55. The van der Waals surface area contributed by atoms with E-state index in [9.17, 15) is 9.59 Å². The lowest BCUT2D eigenvalue weighted by molar-refractivity contribution is -0.119. The summed E-state index contributed by atoms with van der Waals surface area (Å²) >= 11 is 0. The van der Waals surface area contributed by atoms with Crippen molar-refractivity contribution in [1.82, 2.24) is 10.6 Å². The zero-order valence-corrected chi connectivity index (χ0v) is 12.6. The van der Waals surface area contributed by atoms with E-state index in [1.165, 1.54) is 0 Å². The zero-order valence-electron chi connectivity index (χ0n) is 12.6. The van der Waals surface area contributed by atoms with E-state index < -0.39 is 0 Å². The largest absolute Gasteiger partial charge is 0.497 e. The molecular formula is C16H21N3O3. The van der Waals surface area contributed by atoms with Crippen LogP contribution in [0, 0.1) is 5.92 Å². The number of ether oxygens (including phenoxy) is 1. The Hall–Kier alpha value is -2.08. The van der Waals surface area contributed by atoms with Gasteiger partial charge in [0.05, 0.1) is 24.3 Å². The molecule has 0 aromatic heterocycles. The molecule has 1 heterocycles. The first-order chi connectivity index (χ1) is 10.7. The van der Waals surface area contributed by atoms with Crippen LogP contribution in [0.5, 0.6) is 5.75 Å². The van der Waals surface area contributed by atoms with Crippen LogP contribution in [0.3, 0.4) is 0 Å². The van der Waals surface area contributed by atoms with Gasteiger partial charge in [-0.3, -0.25) is 9.59 Å². The van der Waals surface area contributed by atoms with Gasteiger partial charge in [0.1, 0.15) is 5.75 Å². The number of nitrogens with one attached hydrogen (secondary N) is 3. The monoisotopic (exact) mass is 303 g/mol. The molecule has 2 amide bonds. The van der Waals surface area contributed by atoms with Crippen LogP contribution in [-0.4, -0.2) is 38.1 Å². The Morgan fingerprint density at radius 3 is 2.73 bits per heavy atom. The van der Waals surface area contributed by atoms with Crippen LogP contribution >= 0.6 is 0 Å². The molecule has 0 spiro atoms. The standard InChI is InChI=1S/C16H21N3O3/c1-22-12-4-5-14(19-15(20)10-6-7-17-9-10)13(8-12)16(21)18-11-2-3-11/h4-5,8,10-11,17H,2-3,6-7,9H2,1H3,(H,18,21)(H,19,20). The van der Waals surface area contributed by atoms with Crippen LogP contribution in [0.1, 0.15) is 29.6 Å². The van der Waals surface area contributed by atoms with Gasteiger partial charge < -0.3 is 20.7 Å². The second kappa shape index (κ2) is 6.36. The molecule has 118 valence electrons. The first-order valence-corrected chi connectivity index (χ1v) is 7.68. The van der Waals surface area contributed by atoms with E-state index in [0.29, 0.717) is 23.5 Å². The molecule has 3 N–H and O–H groups in total. The topological polar surface area (TPSA) is 79.5 Å². The van der Waals surface area contributed by atoms with Crippen LogP contribution in [-0.2, 0) is 4.79 Å². The van der Waals surface area contributed by atoms with Crippen molar-refractivity contribution in [3.63, 3.8) is 0 Å². The highest BCUT2D eigenvalue weighted by Gasteiger charge is 2.27. The quantitative estimate of drug-likeness (QED) is 0.762. The smallest absolute Gasteiger partial charge is 0.253 e. The Bertz CT molecular complexity index is 578. The van der Waals surface area contributed by atoms with E-state index in [4.69, 9.17) is 4.74 Å². The third-order valence-electron chi connectivity index (χ3n) is 4.07. The average Bonchev–Trinajstić information content (AvgIpc) is 3.16. The van der Waals surface area contributed by atoms with Gasteiger partial charge in [0.2, 0.25) is 5.91 Å². The number of benzene rings is 1. The molecule has 1 saturated carbocycles. The number of anilines is 1. The number of methoxy groups -OCH3 is 1. The predicted octanol–water partition coefficient (Wildman–Crippen LogP) is 1.14. The molecule has 0 bridgehead atoms. The van der Waals surface area contributed by atoms with Crippen molar-refractivity contribution in [3.8, 4) is 5.75 Å². The molecule has 2 aliphatic rings. The lowest BCUT2D eigenvalue weighted by atomic mass is 10.1. The summed E-state index contributed by atoms with van der Waals surface area (Å²) in [5.74, 6) is 0.347. The van der Waals surface area contributed by atoms with E-state index in [-0.39, 0.29) is 23.8 Å². The summed E-state index contributed by atoms with van der Waals surface area (Å²) in [5.41, 5.74) is 0.987. The normalized spacial score (nSPS) is 20.5. The molecule has 1 unspecified atom stereocenters. The summed E-state index contributed by atoms with van der Waals surface area (Å²) in [7, 11) is 1.56. The average molecular weight is 303 g/mol. The van der Waals surface area contributed by atoms with Gasteiger partial charge in [-0.2, -0.15) is 0 Å². The van der Waals surface area contributed by atoms with E-state index in [1.807, 2.05) is 0 Å². The molecule has 3 rings (SSSR count). The fourth-order valence-corrected chi connectivity index (χ4v) is 2.55. The van der Waals surface area contributed by atoms with Crippen molar-refractivity contribution in [2.45, 2.75) is 25.3 Å². The molecule has 0 radical (unpaired) electrons. The van der Waals surface area contributed by atoms with Crippen molar-refractivity contribution < 1.29 is 14.3 Å². The van der Waals surface area contributed by atoms with Crippen molar-refractivity contribution >= 4 is 17.5 Å². The first kappa shape index (κ1) is 14.8. The number of carbonyl (C=O) groups excluding carboxylic acids is 2. The van der Waals surface area contributed by atoms with Crippen LogP contribution < -0.4 is 20.7 Å². The summed E-state index contributed by atoms with van der Waals surface area (Å²) in [5, 5.41) is 9.00. The van der Waals surface area contributed by atoms with Crippen LogP contribution in [0.2, 0.25) is 0 Å². The minimum Gasteiger partial charge on any atom is -0.497 e. The third kappa shape index (κ3) is 3.39. The van der Waals surface area contributed by atoms with Gasteiger partial charge in [0, 0.05) is 12.6 Å². The Morgan fingerprint density at radius 1 is 1.27 bits per heavy atom. The van der Waals surface area contributed by atoms with Gasteiger partial charge in [0.15, 0.2) is 0 Å². The van der Waals surface area contributed by atoms with Gasteiger partial charge >= 0.3 is 0 Å². The van der Waals surface area contributed by atoms with Crippen LogP contribution in [0.4, 0.5) is 5.69 Å². The second-order valence-corrected chi connectivity index (χ2v) is 5.84. The summed E-state index contributed by atoms with van der Waals surface area (Å²) in [6.07, 6.45) is 2.86. The molecular weight excluding hydrogens is 282 g/mol. The molecule has 1 atom stereocenters. The first-order valence-electron chi connectivity index (χ1n) is 7.68. The van der Waals surface area contributed by atoms with Gasteiger partial charge in [-0.25, -0.2) is 0 Å². The Morgan fingerprint density at radius 2 is 2.09 bits per heavy atom. The number of rotatable bonds is 5. The van der Waals surface area contributed by atoms with Crippen molar-refractivity contribution in [1.29, 1.82) is 0 Å². The highest BCUT2D eigenvalue weighted by molar-refractivity contribution is 6.04. The summed E-state index contributed by atoms with van der Waals surface area (Å²) in [6, 6.07) is 5.40. The van der Waals surface area contributed by atoms with E-state index in [0.717, 1.165) is 25.8 Å². The van der Waals surface area contributed by atoms with Gasteiger partial charge in [0.25, 0.3) is 5.91 Å². The maximum atomic E-state index is 12.4. The summed E-state index contributed by atoms with van der Waals surface area (Å²) in [4.78, 5) is 24.6. The predicted molar refractivity (Wildman–Crippen MR) is 83.1 cm³/mol. The van der Waals surface area contributed by atoms with Crippen LogP contribution in [0.25, 0.3) is 0 Å². The molecule has 1 saturated heterocycles. The van der Waals surface area contributed by atoms with Crippen LogP contribution in [0.15, 0.2) is 18.2 Å². The Labute approximate surface area is 129 Å².